The number of nitrogens with zero attached hydrogens (tertiary/aromatic N) is 1. The number of unbranched alkanes of at least 4 members (excludes halogenated alkanes) is 1. The summed E-state index contributed by atoms with van der Waals surface area (Å²) >= 11 is 0. The molecule has 0 spiro atoms. The summed E-state index contributed by atoms with van der Waals surface area (Å²) in [6.07, 6.45) is 4.89. The Labute approximate surface area is 123 Å². The molecule has 112 valence electrons. The van der Waals surface area contributed by atoms with E-state index < -0.39 is 0 Å². The summed E-state index contributed by atoms with van der Waals surface area (Å²) in [5.74, 6) is 0. The van der Waals surface area contributed by atoms with E-state index in [-0.39, 0.29) is 5.54 Å². The van der Waals surface area contributed by atoms with Gasteiger partial charge in [-0.25, -0.2) is 0 Å². The summed E-state index contributed by atoms with van der Waals surface area (Å²) in [5, 5.41) is 3.72. The highest BCUT2D eigenvalue weighted by Crippen LogP contribution is 2.27. The first-order valence-electron chi connectivity index (χ1n) is 7.82. The molecular formula is C17H28N2O. The number of methoxy groups -OCH3 is 1. The molecule has 3 nitrogen and oxygen atoms in total. The zero-order chi connectivity index (χ0) is 14.3. The van der Waals surface area contributed by atoms with Crippen molar-refractivity contribution in [3.63, 3.8) is 0 Å². The molecule has 1 fully saturated rings. The quantitative estimate of drug-likeness (QED) is 0.826. The number of piperidine rings is 1. The summed E-state index contributed by atoms with van der Waals surface area (Å²) in [5.41, 5.74) is 1.30. The SMILES string of the molecule is CCCCN1CCC(COC)(Nc2ccccc2)CC1. The molecule has 1 aliphatic heterocycles. The second-order valence-corrected chi connectivity index (χ2v) is 5.90. The van der Waals surface area contributed by atoms with Crippen molar-refractivity contribution in [1.82, 2.24) is 4.90 Å². The predicted octanol–water partition coefficient (Wildman–Crippen LogP) is 3.38. The molecule has 20 heavy (non-hydrogen) atoms. The Morgan fingerprint density at radius 3 is 2.50 bits per heavy atom. The van der Waals surface area contributed by atoms with Crippen molar-refractivity contribution >= 4 is 5.69 Å². The van der Waals surface area contributed by atoms with Crippen LogP contribution in [0.4, 0.5) is 5.69 Å². The van der Waals surface area contributed by atoms with Crippen LogP contribution in [0.15, 0.2) is 30.3 Å². The van der Waals surface area contributed by atoms with Crippen LogP contribution < -0.4 is 5.32 Å². The van der Waals surface area contributed by atoms with Gasteiger partial charge >= 0.3 is 0 Å². The number of hydrogen-bond acceptors (Lipinski definition) is 3. The normalized spacial score (nSPS) is 18.9. The molecule has 1 aromatic rings. The van der Waals surface area contributed by atoms with Crippen molar-refractivity contribution in [3.8, 4) is 0 Å². The Morgan fingerprint density at radius 1 is 1.20 bits per heavy atom. The second-order valence-electron chi connectivity index (χ2n) is 5.90. The van der Waals surface area contributed by atoms with Crippen molar-refractivity contribution in [2.75, 3.05) is 38.7 Å². The van der Waals surface area contributed by atoms with Crippen molar-refractivity contribution in [2.45, 2.75) is 38.1 Å². The zero-order valence-electron chi connectivity index (χ0n) is 12.9. The Morgan fingerprint density at radius 2 is 1.90 bits per heavy atom. The highest BCUT2D eigenvalue weighted by atomic mass is 16.5. The van der Waals surface area contributed by atoms with Gasteiger partial charge in [0.1, 0.15) is 0 Å². The Kier molecular flexibility index (Phi) is 5.86. The van der Waals surface area contributed by atoms with E-state index in [1.165, 1.54) is 38.2 Å². The molecule has 0 aromatic heterocycles. The smallest absolute Gasteiger partial charge is 0.0693 e. The minimum absolute atomic E-state index is 0.0960. The molecule has 3 heteroatoms. The molecule has 0 unspecified atom stereocenters. The standard InChI is InChI=1S/C17H28N2O/c1-3-4-12-19-13-10-17(11-14-19,15-20-2)18-16-8-6-5-7-9-16/h5-9,18H,3-4,10-15H2,1-2H3. The Bertz CT molecular complexity index is 372. The molecule has 1 N–H and O–H groups in total. The lowest BCUT2D eigenvalue weighted by molar-refractivity contribution is 0.0882. The first-order chi connectivity index (χ1) is 9.78. The van der Waals surface area contributed by atoms with Gasteiger partial charge in [0.05, 0.1) is 12.1 Å². The maximum absolute atomic E-state index is 5.49. The average molecular weight is 276 g/mol. The first kappa shape index (κ1) is 15.3. The van der Waals surface area contributed by atoms with Crippen molar-refractivity contribution in [1.29, 1.82) is 0 Å². The molecule has 1 aromatic carbocycles. The largest absolute Gasteiger partial charge is 0.382 e. The van der Waals surface area contributed by atoms with Gasteiger partial charge in [0.15, 0.2) is 0 Å². The summed E-state index contributed by atoms with van der Waals surface area (Å²) in [6, 6.07) is 10.5. The van der Waals surface area contributed by atoms with Gasteiger partial charge in [-0.2, -0.15) is 0 Å². The fourth-order valence-electron chi connectivity index (χ4n) is 3.00. The fraction of sp³-hybridized carbons (Fsp3) is 0.647. The van der Waals surface area contributed by atoms with Gasteiger partial charge in [0, 0.05) is 25.9 Å². The molecule has 0 aliphatic carbocycles. The van der Waals surface area contributed by atoms with Crippen LogP contribution in [-0.4, -0.2) is 43.8 Å². The van der Waals surface area contributed by atoms with Crippen LogP contribution in [0.3, 0.4) is 0 Å². The van der Waals surface area contributed by atoms with Crippen LogP contribution in [0.5, 0.6) is 0 Å². The van der Waals surface area contributed by atoms with Gasteiger partial charge in [-0.3, -0.25) is 0 Å². The monoisotopic (exact) mass is 276 g/mol. The Balaban J connectivity index is 1.94. The molecule has 0 radical (unpaired) electrons. The lowest BCUT2D eigenvalue weighted by Crippen LogP contribution is -2.52. The molecule has 0 saturated carbocycles. The molecular weight excluding hydrogens is 248 g/mol. The summed E-state index contributed by atoms with van der Waals surface area (Å²) < 4.78 is 5.49. The fourth-order valence-corrected chi connectivity index (χ4v) is 3.00. The van der Waals surface area contributed by atoms with Crippen LogP contribution in [-0.2, 0) is 4.74 Å². The number of hydrogen-bond donors (Lipinski definition) is 1. The third-order valence-electron chi connectivity index (χ3n) is 4.24. The van der Waals surface area contributed by atoms with E-state index in [0.717, 1.165) is 19.4 Å². The molecule has 2 rings (SSSR count). The number of benzene rings is 1. The van der Waals surface area contributed by atoms with Gasteiger partial charge in [-0.05, 0) is 37.9 Å². The molecule has 0 atom stereocenters. The number of para-hydroxylation sites is 1. The second kappa shape index (κ2) is 7.65. The van der Waals surface area contributed by atoms with E-state index in [9.17, 15) is 0 Å². The Hall–Kier alpha value is -1.06. The van der Waals surface area contributed by atoms with E-state index in [1.54, 1.807) is 7.11 Å². The lowest BCUT2D eigenvalue weighted by atomic mass is 9.87. The number of anilines is 1. The molecule has 0 bridgehead atoms. The van der Waals surface area contributed by atoms with E-state index in [1.807, 2.05) is 0 Å². The van der Waals surface area contributed by atoms with Gasteiger partial charge in [-0.15, -0.1) is 0 Å². The van der Waals surface area contributed by atoms with Crippen molar-refractivity contribution in [2.24, 2.45) is 0 Å². The third-order valence-corrected chi connectivity index (χ3v) is 4.24. The zero-order valence-corrected chi connectivity index (χ0v) is 12.9. The maximum atomic E-state index is 5.49. The van der Waals surface area contributed by atoms with Crippen LogP contribution in [0, 0.1) is 0 Å². The van der Waals surface area contributed by atoms with Crippen molar-refractivity contribution < 1.29 is 4.74 Å². The molecule has 1 aliphatic rings. The first-order valence-corrected chi connectivity index (χ1v) is 7.82. The number of rotatable bonds is 7. The average Bonchev–Trinajstić information content (AvgIpc) is 2.48. The van der Waals surface area contributed by atoms with E-state index in [0.29, 0.717) is 0 Å². The minimum atomic E-state index is 0.0960. The lowest BCUT2D eigenvalue weighted by Gasteiger charge is -2.42. The molecule has 0 amide bonds. The maximum Gasteiger partial charge on any atom is 0.0693 e. The van der Waals surface area contributed by atoms with Crippen molar-refractivity contribution in [3.05, 3.63) is 30.3 Å². The number of likely N-dealkylation sites (tertiary alicyclic amines) is 1. The minimum Gasteiger partial charge on any atom is -0.382 e. The van der Waals surface area contributed by atoms with Crippen LogP contribution in [0.25, 0.3) is 0 Å². The number of ether oxygens (including phenoxy) is 1. The summed E-state index contributed by atoms with van der Waals surface area (Å²) in [6.45, 7) is 6.62. The van der Waals surface area contributed by atoms with Gasteiger partial charge in [0.25, 0.3) is 0 Å². The van der Waals surface area contributed by atoms with E-state index >= 15 is 0 Å². The molecule has 1 heterocycles. The van der Waals surface area contributed by atoms with Crippen LogP contribution in [0.2, 0.25) is 0 Å². The molecule has 1 saturated heterocycles. The van der Waals surface area contributed by atoms with Gasteiger partial charge < -0.3 is 15.0 Å². The third kappa shape index (κ3) is 4.22. The summed E-state index contributed by atoms with van der Waals surface area (Å²) in [4.78, 5) is 2.59. The van der Waals surface area contributed by atoms with Crippen LogP contribution >= 0.6 is 0 Å². The van der Waals surface area contributed by atoms with E-state index in [4.69, 9.17) is 4.74 Å². The highest BCUT2D eigenvalue weighted by Gasteiger charge is 2.34. The summed E-state index contributed by atoms with van der Waals surface area (Å²) in [7, 11) is 1.80. The van der Waals surface area contributed by atoms with Crippen LogP contribution in [0.1, 0.15) is 32.6 Å². The topological polar surface area (TPSA) is 24.5 Å². The predicted molar refractivity (Wildman–Crippen MR) is 85.3 cm³/mol. The number of nitrogens with one attached hydrogen (secondary N) is 1. The van der Waals surface area contributed by atoms with E-state index in [2.05, 4.69) is 47.5 Å². The highest BCUT2D eigenvalue weighted by molar-refractivity contribution is 5.45. The van der Waals surface area contributed by atoms with Gasteiger partial charge in [0.2, 0.25) is 0 Å². The van der Waals surface area contributed by atoms with Gasteiger partial charge in [-0.1, -0.05) is 31.5 Å².